The number of nitrogens with one attached hydrogen (secondary N) is 1. The molecular formula is C13H23N3O. The van der Waals surface area contributed by atoms with E-state index in [4.69, 9.17) is 4.52 Å². The van der Waals surface area contributed by atoms with Crippen molar-refractivity contribution in [2.45, 2.75) is 45.7 Å². The molecule has 4 nitrogen and oxygen atoms in total. The van der Waals surface area contributed by atoms with Crippen LogP contribution in [0.4, 0.5) is 0 Å². The van der Waals surface area contributed by atoms with Crippen LogP contribution in [0.3, 0.4) is 0 Å². The van der Waals surface area contributed by atoms with E-state index in [9.17, 15) is 0 Å². The molecule has 1 saturated heterocycles. The molecule has 1 aromatic rings. The second-order valence-electron chi connectivity index (χ2n) is 4.96. The number of hydrogen-bond acceptors (Lipinski definition) is 4. The van der Waals surface area contributed by atoms with Crippen LogP contribution in [-0.4, -0.2) is 35.7 Å². The summed E-state index contributed by atoms with van der Waals surface area (Å²) in [5.41, 5.74) is 0.968. The van der Waals surface area contributed by atoms with Gasteiger partial charge in [-0.15, -0.1) is 0 Å². The second kappa shape index (κ2) is 6.17. The van der Waals surface area contributed by atoms with Gasteiger partial charge >= 0.3 is 0 Å². The van der Waals surface area contributed by atoms with Gasteiger partial charge in [0.05, 0.1) is 12.2 Å². The highest BCUT2D eigenvalue weighted by Crippen LogP contribution is 2.11. The predicted molar refractivity (Wildman–Crippen MR) is 67.8 cm³/mol. The third-order valence-electron chi connectivity index (χ3n) is 3.24. The Hall–Kier alpha value is -0.870. The Balaban J connectivity index is 1.87. The van der Waals surface area contributed by atoms with Gasteiger partial charge in [0.1, 0.15) is 0 Å². The minimum Gasteiger partial charge on any atom is -0.360 e. The first-order chi connectivity index (χ1) is 8.28. The first-order valence-electron chi connectivity index (χ1n) is 6.66. The fourth-order valence-corrected chi connectivity index (χ4v) is 2.49. The largest absolute Gasteiger partial charge is 0.360 e. The molecule has 0 radical (unpaired) electrons. The summed E-state index contributed by atoms with van der Waals surface area (Å²) in [6.07, 6.45) is 3.79. The van der Waals surface area contributed by atoms with Crippen LogP contribution in [0.1, 0.15) is 37.6 Å². The van der Waals surface area contributed by atoms with Crippen molar-refractivity contribution < 1.29 is 4.52 Å². The van der Waals surface area contributed by atoms with Crippen LogP contribution >= 0.6 is 0 Å². The predicted octanol–water partition coefficient (Wildman–Crippen LogP) is 1.95. The van der Waals surface area contributed by atoms with Crippen molar-refractivity contribution in [2.75, 3.05) is 19.6 Å². The molecule has 1 aliphatic heterocycles. The molecule has 1 aliphatic rings. The van der Waals surface area contributed by atoms with Crippen molar-refractivity contribution in [1.29, 1.82) is 0 Å². The smallest absolute Gasteiger partial charge is 0.150 e. The van der Waals surface area contributed by atoms with E-state index in [0.29, 0.717) is 6.04 Å². The number of rotatable bonds is 6. The van der Waals surface area contributed by atoms with Gasteiger partial charge in [0.25, 0.3) is 0 Å². The van der Waals surface area contributed by atoms with Crippen LogP contribution in [0.15, 0.2) is 10.6 Å². The summed E-state index contributed by atoms with van der Waals surface area (Å²) < 4.78 is 5.29. The maximum atomic E-state index is 5.29. The SMILES string of the molecule is CCCN(Cc1cc(C)no1)CC1CCCN1. The first-order valence-corrected chi connectivity index (χ1v) is 6.66. The molecule has 17 heavy (non-hydrogen) atoms. The van der Waals surface area contributed by atoms with E-state index >= 15 is 0 Å². The molecular weight excluding hydrogens is 214 g/mol. The molecule has 1 N–H and O–H groups in total. The summed E-state index contributed by atoms with van der Waals surface area (Å²) in [5.74, 6) is 0.981. The minimum absolute atomic E-state index is 0.658. The fraction of sp³-hybridized carbons (Fsp3) is 0.769. The van der Waals surface area contributed by atoms with Gasteiger partial charge in [0, 0.05) is 18.7 Å². The summed E-state index contributed by atoms with van der Waals surface area (Å²) in [6, 6.07) is 2.69. The zero-order valence-corrected chi connectivity index (χ0v) is 10.9. The third-order valence-corrected chi connectivity index (χ3v) is 3.24. The Kier molecular flexibility index (Phi) is 4.57. The van der Waals surface area contributed by atoms with Gasteiger partial charge in [-0.3, -0.25) is 4.90 Å². The van der Waals surface area contributed by atoms with E-state index in [1.54, 1.807) is 0 Å². The van der Waals surface area contributed by atoms with Crippen molar-refractivity contribution in [2.24, 2.45) is 0 Å². The molecule has 0 aliphatic carbocycles. The Morgan fingerprint density at radius 1 is 1.59 bits per heavy atom. The van der Waals surface area contributed by atoms with E-state index < -0.39 is 0 Å². The van der Waals surface area contributed by atoms with Crippen LogP contribution < -0.4 is 5.32 Å². The zero-order chi connectivity index (χ0) is 12.1. The van der Waals surface area contributed by atoms with Crippen molar-refractivity contribution in [3.63, 3.8) is 0 Å². The molecule has 0 bridgehead atoms. The maximum absolute atomic E-state index is 5.29. The Morgan fingerprint density at radius 2 is 2.47 bits per heavy atom. The molecule has 1 unspecified atom stereocenters. The van der Waals surface area contributed by atoms with Gasteiger partial charge in [-0.05, 0) is 39.3 Å². The van der Waals surface area contributed by atoms with Gasteiger partial charge in [0.15, 0.2) is 5.76 Å². The summed E-state index contributed by atoms with van der Waals surface area (Å²) in [4.78, 5) is 2.46. The third kappa shape index (κ3) is 3.82. The Morgan fingerprint density at radius 3 is 3.06 bits per heavy atom. The number of aromatic nitrogens is 1. The topological polar surface area (TPSA) is 41.3 Å². The lowest BCUT2D eigenvalue weighted by Gasteiger charge is -2.23. The second-order valence-corrected chi connectivity index (χ2v) is 4.96. The first kappa shape index (κ1) is 12.6. The normalized spacial score (nSPS) is 20.3. The summed E-state index contributed by atoms with van der Waals surface area (Å²) in [6.45, 7) is 8.49. The van der Waals surface area contributed by atoms with Crippen molar-refractivity contribution >= 4 is 0 Å². The highest BCUT2D eigenvalue weighted by molar-refractivity contribution is 5.02. The molecule has 96 valence electrons. The molecule has 1 fully saturated rings. The van der Waals surface area contributed by atoms with E-state index in [2.05, 4.69) is 22.3 Å². The van der Waals surface area contributed by atoms with E-state index in [1.807, 2.05) is 13.0 Å². The molecule has 0 amide bonds. The maximum Gasteiger partial charge on any atom is 0.150 e. The van der Waals surface area contributed by atoms with Gasteiger partial charge < -0.3 is 9.84 Å². The molecule has 4 heteroatoms. The summed E-state index contributed by atoms with van der Waals surface area (Å²) in [7, 11) is 0. The molecule has 0 spiro atoms. The standard InChI is InChI=1S/C13H23N3O/c1-3-7-16(9-12-5-4-6-14-12)10-13-8-11(2)15-17-13/h8,12,14H,3-7,9-10H2,1-2H3. The van der Waals surface area contributed by atoms with Crippen LogP contribution in [0.5, 0.6) is 0 Å². The number of aryl methyl sites for hydroxylation is 1. The highest BCUT2D eigenvalue weighted by Gasteiger charge is 2.18. The quantitative estimate of drug-likeness (QED) is 0.821. The summed E-state index contributed by atoms with van der Waals surface area (Å²) >= 11 is 0. The van der Waals surface area contributed by atoms with Crippen LogP contribution in [-0.2, 0) is 6.54 Å². The molecule has 0 saturated carbocycles. The van der Waals surface area contributed by atoms with Crippen molar-refractivity contribution in [3.8, 4) is 0 Å². The highest BCUT2D eigenvalue weighted by atomic mass is 16.5. The molecule has 1 aromatic heterocycles. The van der Waals surface area contributed by atoms with E-state index in [-0.39, 0.29) is 0 Å². The van der Waals surface area contributed by atoms with Gasteiger partial charge in [-0.2, -0.15) is 0 Å². The zero-order valence-electron chi connectivity index (χ0n) is 10.9. The van der Waals surface area contributed by atoms with E-state index in [1.165, 1.54) is 25.8 Å². The lowest BCUT2D eigenvalue weighted by Crippen LogP contribution is -2.37. The van der Waals surface area contributed by atoms with E-state index in [0.717, 1.165) is 31.1 Å². The average Bonchev–Trinajstić information content (AvgIpc) is 2.91. The fourth-order valence-electron chi connectivity index (χ4n) is 2.49. The molecule has 1 atom stereocenters. The number of hydrogen-bond donors (Lipinski definition) is 1. The van der Waals surface area contributed by atoms with Crippen molar-refractivity contribution in [3.05, 3.63) is 17.5 Å². The minimum atomic E-state index is 0.658. The Labute approximate surface area is 103 Å². The molecule has 2 heterocycles. The van der Waals surface area contributed by atoms with Crippen LogP contribution in [0, 0.1) is 6.92 Å². The monoisotopic (exact) mass is 237 g/mol. The number of nitrogens with zero attached hydrogens (tertiary/aromatic N) is 2. The summed E-state index contributed by atoms with van der Waals surface area (Å²) in [5, 5.41) is 7.49. The van der Waals surface area contributed by atoms with Crippen LogP contribution in [0.25, 0.3) is 0 Å². The van der Waals surface area contributed by atoms with Gasteiger partial charge in [-0.1, -0.05) is 12.1 Å². The lowest BCUT2D eigenvalue weighted by molar-refractivity contribution is 0.213. The lowest BCUT2D eigenvalue weighted by atomic mass is 10.2. The average molecular weight is 237 g/mol. The molecule has 0 aromatic carbocycles. The van der Waals surface area contributed by atoms with Gasteiger partial charge in [0.2, 0.25) is 0 Å². The Bertz CT molecular complexity index is 331. The molecule has 2 rings (SSSR count). The van der Waals surface area contributed by atoms with Crippen molar-refractivity contribution in [1.82, 2.24) is 15.4 Å². The van der Waals surface area contributed by atoms with Crippen LogP contribution in [0.2, 0.25) is 0 Å². The van der Waals surface area contributed by atoms with Gasteiger partial charge in [-0.25, -0.2) is 0 Å².